The SMILES string of the molecule is COc1cc(CCCO)cc2c1OC(c1ccc(O)c(CO)c1)C2CO. The molecule has 3 rings (SSSR count). The highest BCUT2D eigenvalue weighted by atomic mass is 16.5. The molecule has 0 spiro atoms. The number of aryl methyl sites for hydroxylation is 1. The third-order valence-electron chi connectivity index (χ3n) is 4.80. The number of methoxy groups -OCH3 is 1. The first-order chi connectivity index (χ1) is 12.6. The minimum Gasteiger partial charge on any atom is -0.508 e. The van der Waals surface area contributed by atoms with Gasteiger partial charge >= 0.3 is 0 Å². The maximum atomic E-state index is 10.00. The fraction of sp³-hybridized carbons (Fsp3) is 0.400. The molecule has 0 aromatic heterocycles. The summed E-state index contributed by atoms with van der Waals surface area (Å²) < 4.78 is 11.6. The van der Waals surface area contributed by atoms with Gasteiger partial charge in [0.1, 0.15) is 11.9 Å². The molecular weight excluding hydrogens is 336 g/mol. The van der Waals surface area contributed by atoms with Gasteiger partial charge in [0.05, 0.1) is 26.2 Å². The Bertz CT molecular complexity index is 773. The van der Waals surface area contributed by atoms with Gasteiger partial charge in [0, 0.05) is 17.7 Å². The summed E-state index contributed by atoms with van der Waals surface area (Å²) in [6.45, 7) is -0.281. The van der Waals surface area contributed by atoms with Crippen LogP contribution in [-0.2, 0) is 13.0 Å². The van der Waals surface area contributed by atoms with E-state index in [1.54, 1.807) is 19.2 Å². The van der Waals surface area contributed by atoms with Crippen LogP contribution >= 0.6 is 0 Å². The van der Waals surface area contributed by atoms with Crippen LogP contribution in [0.3, 0.4) is 0 Å². The predicted octanol–water partition coefficient (Wildman–Crippen LogP) is 2.03. The lowest BCUT2D eigenvalue weighted by atomic mass is 9.89. The van der Waals surface area contributed by atoms with Gasteiger partial charge < -0.3 is 29.9 Å². The highest BCUT2D eigenvalue weighted by Gasteiger charge is 2.37. The number of aliphatic hydroxyl groups is 3. The number of hydrogen-bond donors (Lipinski definition) is 4. The van der Waals surface area contributed by atoms with Gasteiger partial charge in [0.15, 0.2) is 11.5 Å². The molecule has 0 aliphatic carbocycles. The van der Waals surface area contributed by atoms with Crippen molar-refractivity contribution in [2.75, 3.05) is 20.3 Å². The molecular formula is C20H24O6. The van der Waals surface area contributed by atoms with Crippen LogP contribution in [0.1, 0.15) is 40.7 Å². The first-order valence-corrected chi connectivity index (χ1v) is 8.64. The number of aliphatic hydroxyl groups excluding tert-OH is 3. The van der Waals surface area contributed by atoms with Crippen molar-refractivity contribution in [3.8, 4) is 17.2 Å². The minimum atomic E-state index is -0.442. The van der Waals surface area contributed by atoms with Crippen LogP contribution in [0, 0.1) is 0 Å². The smallest absolute Gasteiger partial charge is 0.165 e. The van der Waals surface area contributed by atoms with Crippen LogP contribution in [0.5, 0.6) is 17.2 Å². The molecule has 2 atom stereocenters. The predicted molar refractivity (Wildman–Crippen MR) is 95.6 cm³/mol. The molecule has 1 aliphatic heterocycles. The lowest BCUT2D eigenvalue weighted by Crippen LogP contribution is -2.13. The molecule has 2 unspecified atom stereocenters. The van der Waals surface area contributed by atoms with Crippen molar-refractivity contribution in [3.63, 3.8) is 0 Å². The molecule has 26 heavy (non-hydrogen) atoms. The van der Waals surface area contributed by atoms with E-state index in [1.807, 2.05) is 12.1 Å². The number of rotatable bonds is 7. The molecule has 140 valence electrons. The summed E-state index contributed by atoms with van der Waals surface area (Å²) in [4.78, 5) is 0. The Labute approximate surface area is 152 Å². The molecule has 2 aromatic rings. The van der Waals surface area contributed by atoms with E-state index in [1.165, 1.54) is 6.07 Å². The van der Waals surface area contributed by atoms with E-state index < -0.39 is 6.10 Å². The quantitative estimate of drug-likeness (QED) is 0.603. The van der Waals surface area contributed by atoms with Gasteiger partial charge in [-0.25, -0.2) is 0 Å². The Morgan fingerprint density at radius 3 is 2.58 bits per heavy atom. The lowest BCUT2D eigenvalue weighted by Gasteiger charge is -2.18. The standard InChI is InChI=1S/C20H24O6/c1-25-18-8-12(3-2-6-21)7-15-16(11-23)19(26-20(15)18)13-4-5-17(24)14(9-13)10-22/h4-5,7-9,16,19,21-24H,2-3,6,10-11H2,1H3. The van der Waals surface area contributed by atoms with Crippen LogP contribution in [0.25, 0.3) is 0 Å². The molecule has 2 aromatic carbocycles. The van der Waals surface area contributed by atoms with Crippen LogP contribution in [0.2, 0.25) is 0 Å². The van der Waals surface area contributed by atoms with E-state index in [-0.39, 0.29) is 31.5 Å². The summed E-state index contributed by atoms with van der Waals surface area (Å²) in [5, 5.41) is 38.2. The fourth-order valence-corrected chi connectivity index (χ4v) is 3.44. The summed E-state index contributed by atoms with van der Waals surface area (Å²) >= 11 is 0. The normalized spacial score (nSPS) is 18.5. The number of ether oxygens (including phenoxy) is 2. The van der Waals surface area contributed by atoms with Gasteiger partial charge in [0.2, 0.25) is 0 Å². The zero-order valence-electron chi connectivity index (χ0n) is 14.7. The summed E-state index contributed by atoms with van der Waals surface area (Å²) in [5.41, 5.74) is 3.05. The second-order valence-electron chi connectivity index (χ2n) is 6.42. The largest absolute Gasteiger partial charge is 0.508 e. The summed E-state index contributed by atoms with van der Waals surface area (Å²) in [5.74, 6) is 0.931. The Morgan fingerprint density at radius 2 is 1.92 bits per heavy atom. The monoisotopic (exact) mass is 360 g/mol. The molecule has 6 heteroatoms. The van der Waals surface area contributed by atoms with Crippen molar-refractivity contribution in [1.29, 1.82) is 0 Å². The summed E-state index contributed by atoms with van der Waals surface area (Å²) in [6, 6.07) is 8.81. The van der Waals surface area contributed by atoms with Crippen molar-refractivity contribution in [1.82, 2.24) is 0 Å². The molecule has 0 bridgehead atoms. The van der Waals surface area contributed by atoms with E-state index >= 15 is 0 Å². The van der Waals surface area contributed by atoms with Gasteiger partial charge in [-0.1, -0.05) is 12.1 Å². The third kappa shape index (κ3) is 3.35. The van der Waals surface area contributed by atoms with E-state index in [9.17, 15) is 15.3 Å². The molecule has 0 radical (unpaired) electrons. The van der Waals surface area contributed by atoms with Crippen molar-refractivity contribution in [2.24, 2.45) is 0 Å². The number of phenols is 1. The second-order valence-corrected chi connectivity index (χ2v) is 6.42. The maximum absolute atomic E-state index is 10.00. The Morgan fingerprint density at radius 1 is 1.12 bits per heavy atom. The lowest BCUT2D eigenvalue weighted by molar-refractivity contribution is 0.157. The van der Waals surface area contributed by atoms with Gasteiger partial charge in [-0.15, -0.1) is 0 Å². The van der Waals surface area contributed by atoms with E-state index in [4.69, 9.17) is 14.6 Å². The van der Waals surface area contributed by atoms with Crippen molar-refractivity contribution < 1.29 is 29.9 Å². The molecule has 0 amide bonds. The van der Waals surface area contributed by atoms with Crippen LogP contribution in [0.4, 0.5) is 0 Å². The van der Waals surface area contributed by atoms with Crippen molar-refractivity contribution in [2.45, 2.75) is 31.5 Å². The highest BCUT2D eigenvalue weighted by Crippen LogP contribution is 2.51. The Balaban J connectivity index is 2.00. The summed E-state index contributed by atoms with van der Waals surface area (Å²) in [7, 11) is 1.57. The molecule has 0 saturated carbocycles. The number of aromatic hydroxyl groups is 1. The highest BCUT2D eigenvalue weighted by molar-refractivity contribution is 5.55. The van der Waals surface area contributed by atoms with Gasteiger partial charge in [0.25, 0.3) is 0 Å². The summed E-state index contributed by atoms with van der Waals surface area (Å²) in [6.07, 6.45) is 0.910. The molecule has 1 aliphatic rings. The zero-order chi connectivity index (χ0) is 18.7. The number of hydrogen-bond acceptors (Lipinski definition) is 6. The maximum Gasteiger partial charge on any atom is 0.165 e. The average Bonchev–Trinajstić information content (AvgIpc) is 3.04. The fourth-order valence-electron chi connectivity index (χ4n) is 3.44. The Hall–Kier alpha value is -2.28. The second kappa shape index (κ2) is 7.95. The van der Waals surface area contributed by atoms with E-state index in [0.29, 0.717) is 29.9 Å². The number of benzene rings is 2. The third-order valence-corrected chi connectivity index (χ3v) is 4.80. The van der Waals surface area contributed by atoms with Crippen LogP contribution in [0.15, 0.2) is 30.3 Å². The van der Waals surface area contributed by atoms with Crippen LogP contribution in [-0.4, -0.2) is 40.7 Å². The molecule has 0 fully saturated rings. The molecule has 4 N–H and O–H groups in total. The van der Waals surface area contributed by atoms with Gasteiger partial charge in [-0.2, -0.15) is 0 Å². The van der Waals surface area contributed by atoms with Gasteiger partial charge in [-0.05, 0) is 42.2 Å². The van der Waals surface area contributed by atoms with Crippen LogP contribution < -0.4 is 9.47 Å². The minimum absolute atomic E-state index is 0.0242. The van der Waals surface area contributed by atoms with Gasteiger partial charge in [-0.3, -0.25) is 0 Å². The van der Waals surface area contributed by atoms with Crippen molar-refractivity contribution >= 4 is 0 Å². The van der Waals surface area contributed by atoms with E-state index in [0.717, 1.165) is 16.7 Å². The number of fused-ring (bicyclic) bond motifs is 1. The molecule has 1 heterocycles. The van der Waals surface area contributed by atoms with E-state index in [2.05, 4.69) is 0 Å². The Kier molecular flexibility index (Phi) is 5.66. The molecule has 6 nitrogen and oxygen atoms in total. The van der Waals surface area contributed by atoms with Crippen molar-refractivity contribution in [3.05, 3.63) is 52.6 Å². The first kappa shape index (κ1) is 18.5. The first-order valence-electron chi connectivity index (χ1n) is 8.64. The molecule has 0 saturated heterocycles. The topological polar surface area (TPSA) is 99.4 Å². The zero-order valence-corrected chi connectivity index (χ0v) is 14.7. The average molecular weight is 360 g/mol.